The second-order valence-corrected chi connectivity index (χ2v) is 3.76. The molecule has 0 heterocycles. The maximum absolute atomic E-state index is 4.31. The highest BCUT2D eigenvalue weighted by atomic mass is 14.7. The molecule has 0 saturated carbocycles. The van der Waals surface area contributed by atoms with Crippen molar-refractivity contribution in [2.24, 2.45) is 16.8 Å². The molecular weight excluding hydrogens is 158 g/mol. The molecule has 1 nitrogen and oxygen atoms in total. The highest BCUT2D eigenvalue weighted by Gasteiger charge is 1.97. The predicted molar refractivity (Wildman–Crippen MR) is 61.1 cm³/mol. The highest BCUT2D eigenvalue weighted by Crippen LogP contribution is 2.10. The molecule has 0 bridgehead atoms. The van der Waals surface area contributed by atoms with Crippen LogP contribution in [0.3, 0.4) is 0 Å². The lowest BCUT2D eigenvalue weighted by Gasteiger charge is -2.03. The summed E-state index contributed by atoms with van der Waals surface area (Å²) in [4.78, 5) is 4.31. The molecule has 0 radical (unpaired) electrons. The highest BCUT2D eigenvalue weighted by molar-refractivity contribution is 5.55. The van der Waals surface area contributed by atoms with Gasteiger partial charge < -0.3 is 0 Å². The molecular formula is C12H21N. The van der Waals surface area contributed by atoms with Gasteiger partial charge in [-0.1, -0.05) is 39.8 Å². The zero-order valence-electron chi connectivity index (χ0n) is 9.41. The number of aliphatic imine (C=N–C) groups is 1. The Labute approximate surface area is 82.3 Å². The number of rotatable bonds is 4. The quantitative estimate of drug-likeness (QED) is 0.459. The molecule has 0 unspecified atom stereocenters. The Morgan fingerprint density at radius 3 is 2.15 bits per heavy atom. The number of nitrogens with zero attached hydrogens (tertiary/aromatic N) is 1. The summed E-state index contributed by atoms with van der Waals surface area (Å²) in [6.07, 6.45) is 8.19. The van der Waals surface area contributed by atoms with Gasteiger partial charge >= 0.3 is 0 Å². The van der Waals surface area contributed by atoms with Gasteiger partial charge in [-0.3, -0.25) is 4.99 Å². The van der Waals surface area contributed by atoms with Crippen molar-refractivity contribution in [1.29, 1.82) is 0 Å². The predicted octanol–water partition coefficient (Wildman–Crippen LogP) is 3.83. The molecule has 0 aromatic rings. The molecule has 0 aliphatic heterocycles. The average Bonchev–Trinajstić information content (AvgIpc) is 2.02. The molecule has 13 heavy (non-hydrogen) atoms. The molecule has 0 aromatic carbocycles. The standard InChI is InChI=1S/C12H21N/c1-6-13-12(11(4)5)9-7-8-10(2)3/h6-11H,1-5H3/b8-7-,12-9-,13-6-. The van der Waals surface area contributed by atoms with Crippen molar-refractivity contribution >= 4 is 6.21 Å². The fraction of sp³-hybridized carbons (Fsp3) is 0.583. The van der Waals surface area contributed by atoms with E-state index in [2.05, 4.69) is 50.9 Å². The fourth-order valence-corrected chi connectivity index (χ4v) is 0.910. The smallest absolute Gasteiger partial charge is 0.0424 e. The van der Waals surface area contributed by atoms with Crippen molar-refractivity contribution in [3.05, 3.63) is 23.9 Å². The minimum absolute atomic E-state index is 0.494. The van der Waals surface area contributed by atoms with E-state index in [9.17, 15) is 0 Å². The van der Waals surface area contributed by atoms with E-state index in [-0.39, 0.29) is 0 Å². The van der Waals surface area contributed by atoms with Gasteiger partial charge in [0.25, 0.3) is 0 Å². The molecule has 0 rings (SSSR count). The second-order valence-electron chi connectivity index (χ2n) is 3.76. The van der Waals surface area contributed by atoms with Gasteiger partial charge in [0.1, 0.15) is 0 Å². The van der Waals surface area contributed by atoms with Gasteiger partial charge in [-0.15, -0.1) is 0 Å². The van der Waals surface area contributed by atoms with E-state index in [4.69, 9.17) is 0 Å². The fourth-order valence-electron chi connectivity index (χ4n) is 0.910. The molecule has 0 atom stereocenters. The lowest BCUT2D eigenvalue weighted by atomic mass is 10.1. The SMILES string of the molecule is C\C=N/C(=C\C=C/C(C)C)C(C)C. The zero-order valence-corrected chi connectivity index (χ0v) is 9.41. The normalized spacial score (nSPS) is 14.2. The van der Waals surface area contributed by atoms with Crippen LogP contribution in [0.1, 0.15) is 34.6 Å². The molecule has 0 saturated heterocycles. The van der Waals surface area contributed by atoms with Gasteiger partial charge in [0.15, 0.2) is 0 Å². The van der Waals surface area contributed by atoms with E-state index < -0.39 is 0 Å². The van der Waals surface area contributed by atoms with Crippen LogP contribution in [0.25, 0.3) is 0 Å². The monoisotopic (exact) mass is 179 g/mol. The van der Waals surface area contributed by atoms with Gasteiger partial charge in [-0.05, 0) is 24.8 Å². The van der Waals surface area contributed by atoms with Gasteiger partial charge in [-0.25, -0.2) is 0 Å². The largest absolute Gasteiger partial charge is 0.266 e. The van der Waals surface area contributed by atoms with Crippen LogP contribution in [0.15, 0.2) is 28.9 Å². The van der Waals surface area contributed by atoms with E-state index in [0.29, 0.717) is 11.8 Å². The van der Waals surface area contributed by atoms with Crippen molar-refractivity contribution in [1.82, 2.24) is 0 Å². The Morgan fingerprint density at radius 2 is 1.77 bits per heavy atom. The molecule has 0 spiro atoms. The lowest BCUT2D eigenvalue weighted by molar-refractivity contribution is 0.758. The third-order valence-electron chi connectivity index (χ3n) is 1.63. The van der Waals surface area contributed by atoms with Crippen LogP contribution in [0.5, 0.6) is 0 Å². The zero-order chi connectivity index (χ0) is 10.3. The van der Waals surface area contributed by atoms with Gasteiger partial charge in [0.05, 0.1) is 0 Å². The van der Waals surface area contributed by atoms with E-state index in [1.165, 1.54) is 0 Å². The second kappa shape index (κ2) is 6.64. The summed E-state index contributed by atoms with van der Waals surface area (Å²) >= 11 is 0. The summed E-state index contributed by atoms with van der Waals surface area (Å²) < 4.78 is 0. The molecule has 0 amide bonds. The minimum Gasteiger partial charge on any atom is -0.266 e. The van der Waals surface area contributed by atoms with Crippen LogP contribution in [0, 0.1) is 11.8 Å². The van der Waals surface area contributed by atoms with Crippen molar-refractivity contribution in [2.75, 3.05) is 0 Å². The number of allylic oxidation sites excluding steroid dienone is 4. The molecule has 0 aromatic heterocycles. The van der Waals surface area contributed by atoms with Crippen molar-refractivity contribution in [2.45, 2.75) is 34.6 Å². The summed E-state index contributed by atoms with van der Waals surface area (Å²) in [7, 11) is 0. The third-order valence-corrected chi connectivity index (χ3v) is 1.63. The third kappa shape index (κ3) is 6.32. The lowest BCUT2D eigenvalue weighted by Crippen LogP contribution is -1.90. The van der Waals surface area contributed by atoms with Crippen LogP contribution >= 0.6 is 0 Å². The van der Waals surface area contributed by atoms with Crippen LogP contribution in [-0.2, 0) is 0 Å². The van der Waals surface area contributed by atoms with Crippen LogP contribution in [-0.4, -0.2) is 6.21 Å². The topological polar surface area (TPSA) is 12.4 Å². The maximum atomic E-state index is 4.31. The summed E-state index contributed by atoms with van der Waals surface area (Å²) in [6.45, 7) is 10.6. The molecule has 0 fully saturated rings. The molecule has 0 aliphatic rings. The first-order valence-corrected chi connectivity index (χ1v) is 4.95. The van der Waals surface area contributed by atoms with E-state index in [0.717, 1.165) is 5.70 Å². The number of hydrogen-bond acceptors (Lipinski definition) is 1. The minimum atomic E-state index is 0.494. The van der Waals surface area contributed by atoms with Gasteiger partial charge in [0, 0.05) is 11.9 Å². The van der Waals surface area contributed by atoms with Crippen molar-refractivity contribution in [3.8, 4) is 0 Å². The maximum Gasteiger partial charge on any atom is 0.0424 e. The Morgan fingerprint density at radius 1 is 1.15 bits per heavy atom. The molecule has 1 heteroatoms. The summed E-state index contributed by atoms with van der Waals surface area (Å²) in [5.41, 5.74) is 1.14. The van der Waals surface area contributed by atoms with E-state index >= 15 is 0 Å². The average molecular weight is 179 g/mol. The number of hydrogen-bond donors (Lipinski definition) is 0. The first-order valence-electron chi connectivity index (χ1n) is 4.95. The van der Waals surface area contributed by atoms with Crippen molar-refractivity contribution in [3.63, 3.8) is 0 Å². The molecule has 0 aliphatic carbocycles. The summed E-state index contributed by atoms with van der Waals surface area (Å²) in [5, 5.41) is 0. The molecule has 0 N–H and O–H groups in total. The van der Waals surface area contributed by atoms with Gasteiger partial charge in [-0.2, -0.15) is 0 Å². The van der Waals surface area contributed by atoms with E-state index in [1.54, 1.807) is 0 Å². The Kier molecular flexibility index (Phi) is 6.21. The Bertz CT molecular complexity index is 207. The molecule has 74 valence electrons. The van der Waals surface area contributed by atoms with Gasteiger partial charge in [0.2, 0.25) is 0 Å². The van der Waals surface area contributed by atoms with Crippen LogP contribution < -0.4 is 0 Å². The van der Waals surface area contributed by atoms with Crippen LogP contribution in [0.4, 0.5) is 0 Å². The first-order chi connectivity index (χ1) is 6.07. The first kappa shape index (κ1) is 12.2. The Hall–Kier alpha value is -0.850. The summed E-state index contributed by atoms with van der Waals surface area (Å²) in [5.74, 6) is 1.10. The summed E-state index contributed by atoms with van der Waals surface area (Å²) in [6, 6.07) is 0. The van der Waals surface area contributed by atoms with E-state index in [1.807, 2.05) is 13.1 Å². The van der Waals surface area contributed by atoms with Crippen LogP contribution in [0.2, 0.25) is 0 Å². The Balaban J connectivity index is 4.36. The van der Waals surface area contributed by atoms with Crippen molar-refractivity contribution < 1.29 is 0 Å².